The van der Waals surface area contributed by atoms with Crippen LogP contribution in [0.25, 0.3) is 0 Å². The monoisotopic (exact) mass is 771 g/mol. The lowest BCUT2D eigenvalue weighted by molar-refractivity contribution is -0.161. The number of carbonyl (C=O) groups excluding carboxylic acids is 2. The highest BCUT2D eigenvalue weighted by Gasteiger charge is 2.27. The van der Waals surface area contributed by atoms with Crippen molar-refractivity contribution < 1.29 is 47.8 Å². The Hall–Kier alpha value is -2.07. The molecule has 0 aromatic rings. The van der Waals surface area contributed by atoms with Crippen LogP contribution in [0.5, 0.6) is 0 Å². The molecule has 0 amide bonds. The van der Waals surface area contributed by atoms with E-state index in [1.54, 1.807) is 0 Å². The molecule has 0 heterocycles. The summed E-state index contributed by atoms with van der Waals surface area (Å²) in [4.78, 5) is 34.8. The molecule has 0 fully saturated rings. The lowest BCUT2D eigenvalue weighted by Crippen LogP contribution is -2.29. The van der Waals surface area contributed by atoms with Crippen molar-refractivity contribution >= 4 is 19.8 Å². The highest BCUT2D eigenvalue weighted by Crippen LogP contribution is 2.43. The van der Waals surface area contributed by atoms with Crippen LogP contribution in [0.4, 0.5) is 0 Å². The molecule has 0 rings (SSSR count). The fraction of sp³-hybridized carbons (Fsp3) is 0.762. The number of carbonyl (C=O) groups is 2. The zero-order valence-electron chi connectivity index (χ0n) is 33.2. The molecule has 3 N–H and O–H groups in total. The summed E-state index contributed by atoms with van der Waals surface area (Å²) in [5, 5.41) is 18.3. The van der Waals surface area contributed by atoms with Crippen LogP contribution in [0.15, 0.2) is 48.6 Å². The Morgan fingerprint density at radius 3 is 1.57 bits per heavy atom. The number of ether oxygens (including phenoxy) is 2. The highest BCUT2D eigenvalue weighted by molar-refractivity contribution is 7.47. The molecule has 0 aliphatic heterocycles. The first-order valence-corrected chi connectivity index (χ1v) is 22.1. The molecular weight excluding hydrogens is 695 g/mol. The predicted molar refractivity (Wildman–Crippen MR) is 214 cm³/mol. The van der Waals surface area contributed by atoms with E-state index in [4.69, 9.17) is 19.1 Å². The highest BCUT2D eigenvalue weighted by atomic mass is 31.2. The normalized spacial score (nSPS) is 14.4. The lowest BCUT2D eigenvalue weighted by Gasteiger charge is -2.20. The molecule has 308 valence electrons. The summed E-state index contributed by atoms with van der Waals surface area (Å²) in [5.74, 6) is -0.938. The van der Waals surface area contributed by atoms with Gasteiger partial charge in [-0.3, -0.25) is 18.6 Å². The van der Waals surface area contributed by atoms with E-state index >= 15 is 0 Å². The van der Waals surface area contributed by atoms with E-state index in [9.17, 15) is 24.2 Å². The SMILES string of the molecule is CC/C=C\C/C=C\C/C=C\C/C=C\CCCCCCCCCCC(=O)OC(COC(=O)CCCCCCCCCCC)COP(=O)(O)OCC(O)CO. The van der Waals surface area contributed by atoms with E-state index in [0.717, 1.165) is 70.6 Å². The smallest absolute Gasteiger partial charge is 0.462 e. The maximum atomic E-state index is 12.6. The molecule has 3 atom stereocenters. The standard InChI is InChI=1S/C42H75O10P/c1-3-5-7-9-11-13-14-15-16-17-18-19-20-21-22-23-24-26-28-30-32-34-42(46)52-40(38-51-53(47,48)50-36-39(44)35-43)37-49-41(45)33-31-29-27-25-12-10-8-6-4-2/h5,7,11,13,15-16,18-19,39-40,43-44H,3-4,6,8-10,12,14,17,20-38H2,1-2H3,(H,47,48)/b7-5-,13-11-,16-15-,19-18-. The van der Waals surface area contributed by atoms with Gasteiger partial charge in [0.25, 0.3) is 0 Å². The molecule has 10 nitrogen and oxygen atoms in total. The van der Waals surface area contributed by atoms with Gasteiger partial charge in [-0.05, 0) is 51.4 Å². The third-order valence-corrected chi connectivity index (χ3v) is 9.45. The van der Waals surface area contributed by atoms with Gasteiger partial charge in [0.2, 0.25) is 0 Å². The van der Waals surface area contributed by atoms with E-state index in [1.165, 1.54) is 57.8 Å². The summed E-state index contributed by atoms with van der Waals surface area (Å²) < 4.78 is 32.6. The molecule has 0 spiro atoms. The van der Waals surface area contributed by atoms with Crippen molar-refractivity contribution in [1.82, 2.24) is 0 Å². The topological polar surface area (TPSA) is 149 Å². The Balaban J connectivity index is 4.26. The van der Waals surface area contributed by atoms with Gasteiger partial charge < -0.3 is 24.6 Å². The van der Waals surface area contributed by atoms with Gasteiger partial charge >= 0.3 is 19.8 Å². The summed E-state index contributed by atoms with van der Waals surface area (Å²) in [6, 6.07) is 0. The van der Waals surface area contributed by atoms with Crippen molar-refractivity contribution in [2.24, 2.45) is 0 Å². The van der Waals surface area contributed by atoms with Crippen molar-refractivity contribution in [1.29, 1.82) is 0 Å². The first-order chi connectivity index (χ1) is 25.7. The summed E-state index contributed by atoms with van der Waals surface area (Å²) in [5.41, 5.74) is 0. The van der Waals surface area contributed by atoms with Crippen LogP contribution in [0.3, 0.4) is 0 Å². The second kappa shape index (κ2) is 38.2. The number of unbranched alkanes of at least 4 members (excludes halogenated alkanes) is 16. The average molecular weight is 771 g/mol. The molecule has 11 heteroatoms. The van der Waals surface area contributed by atoms with Gasteiger partial charge in [0.05, 0.1) is 19.8 Å². The number of allylic oxidation sites excluding steroid dienone is 8. The number of rotatable bonds is 38. The van der Waals surface area contributed by atoms with Crippen LogP contribution >= 0.6 is 7.82 Å². The van der Waals surface area contributed by atoms with Crippen molar-refractivity contribution in [3.05, 3.63) is 48.6 Å². The largest absolute Gasteiger partial charge is 0.472 e. The van der Waals surface area contributed by atoms with Crippen LogP contribution in [0.2, 0.25) is 0 Å². The van der Waals surface area contributed by atoms with Gasteiger partial charge in [0, 0.05) is 12.8 Å². The number of phosphoric ester groups is 1. The Labute approximate surface area is 322 Å². The summed E-state index contributed by atoms with van der Waals surface area (Å²) >= 11 is 0. The minimum absolute atomic E-state index is 0.174. The van der Waals surface area contributed by atoms with Crippen molar-refractivity contribution in [2.75, 3.05) is 26.4 Å². The molecule has 0 aliphatic carbocycles. The Kier molecular flexibility index (Phi) is 36.7. The molecule has 0 saturated heterocycles. The fourth-order valence-corrected chi connectivity index (χ4v) is 6.13. The van der Waals surface area contributed by atoms with Crippen LogP contribution in [-0.4, -0.2) is 65.7 Å². The van der Waals surface area contributed by atoms with Gasteiger partial charge in [-0.2, -0.15) is 0 Å². The van der Waals surface area contributed by atoms with Crippen LogP contribution in [-0.2, 0) is 32.7 Å². The molecule has 0 aromatic heterocycles. The van der Waals surface area contributed by atoms with Gasteiger partial charge in [0.15, 0.2) is 6.10 Å². The Bertz CT molecular complexity index is 1030. The lowest BCUT2D eigenvalue weighted by atomic mass is 10.1. The van der Waals surface area contributed by atoms with E-state index in [2.05, 4.69) is 67.0 Å². The van der Waals surface area contributed by atoms with Crippen LogP contribution < -0.4 is 0 Å². The van der Waals surface area contributed by atoms with Gasteiger partial charge in [-0.15, -0.1) is 0 Å². The van der Waals surface area contributed by atoms with E-state index < -0.39 is 51.8 Å². The predicted octanol–water partition coefficient (Wildman–Crippen LogP) is 10.6. The maximum absolute atomic E-state index is 12.6. The maximum Gasteiger partial charge on any atom is 0.472 e. The zero-order valence-corrected chi connectivity index (χ0v) is 34.1. The van der Waals surface area contributed by atoms with E-state index in [0.29, 0.717) is 12.8 Å². The molecule has 0 radical (unpaired) electrons. The number of phosphoric acid groups is 1. The Morgan fingerprint density at radius 2 is 1.04 bits per heavy atom. The van der Waals surface area contributed by atoms with Crippen LogP contribution in [0, 0.1) is 0 Å². The second-order valence-electron chi connectivity index (χ2n) is 13.6. The van der Waals surface area contributed by atoms with Gasteiger partial charge in [-0.25, -0.2) is 4.57 Å². The van der Waals surface area contributed by atoms with Crippen molar-refractivity contribution in [2.45, 2.75) is 180 Å². The third kappa shape index (κ3) is 38.0. The number of aliphatic hydroxyl groups is 2. The minimum Gasteiger partial charge on any atom is -0.462 e. The van der Waals surface area contributed by atoms with E-state index in [-0.39, 0.29) is 19.4 Å². The number of aliphatic hydroxyl groups excluding tert-OH is 2. The summed E-state index contributed by atoms with van der Waals surface area (Å²) in [6.45, 7) is 2.22. The summed E-state index contributed by atoms with van der Waals surface area (Å²) in [7, 11) is -4.61. The quantitative estimate of drug-likeness (QED) is 0.0240. The number of esters is 2. The molecule has 0 aromatic carbocycles. The first-order valence-electron chi connectivity index (χ1n) is 20.6. The van der Waals surface area contributed by atoms with Crippen molar-refractivity contribution in [3.8, 4) is 0 Å². The molecule has 0 bridgehead atoms. The van der Waals surface area contributed by atoms with Crippen molar-refractivity contribution in [3.63, 3.8) is 0 Å². The molecule has 0 aliphatic rings. The van der Waals surface area contributed by atoms with Gasteiger partial charge in [-0.1, -0.05) is 152 Å². The zero-order chi connectivity index (χ0) is 39.1. The third-order valence-electron chi connectivity index (χ3n) is 8.50. The molecular formula is C42H75O10P. The molecule has 3 unspecified atom stereocenters. The fourth-order valence-electron chi connectivity index (χ4n) is 5.34. The van der Waals surface area contributed by atoms with Gasteiger partial charge in [0.1, 0.15) is 12.7 Å². The molecule has 0 saturated carbocycles. The number of hydrogen-bond acceptors (Lipinski definition) is 9. The average Bonchev–Trinajstić information content (AvgIpc) is 3.14. The molecule has 53 heavy (non-hydrogen) atoms. The minimum atomic E-state index is -4.61. The second-order valence-corrected chi connectivity index (χ2v) is 15.1. The number of hydrogen-bond donors (Lipinski definition) is 3. The van der Waals surface area contributed by atoms with E-state index in [1.807, 2.05) is 0 Å². The van der Waals surface area contributed by atoms with Crippen LogP contribution in [0.1, 0.15) is 168 Å². The first kappa shape index (κ1) is 50.9. The summed E-state index contributed by atoms with van der Waals surface area (Å²) in [6.07, 6.45) is 39.4. The Morgan fingerprint density at radius 1 is 0.585 bits per heavy atom.